The Hall–Kier alpha value is -1.58. The number of rotatable bonds is 10. The van der Waals surface area contributed by atoms with Crippen molar-refractivity contribution in [1.82, 2.24) is 5.32 Å². The quantitative estimate of drug-likeness (QED) is 0.286. The molecule has 0 aromatic carbocycles. The van der Waals surface area contributed by atoms with Gasteiger partial charge in [-0.3, -0.25) is 9.59 Å². The summed E-state index contributed by atoms with van der Waals surface area (Å²) in [6, 6.07) is 0. The number of hydrogen-bond acceptors (Lipinski definition) is 3. The molecule has 0 rings (SSSR count). The van der Waals surface area contributed by atoms with Gasteiger partial charge in [0.1, 0.15) is 0 Å². The van der Waals surface area contributed by atoms with E-state index in [-0.39, 0.29) is 11.9 Å². The molecule has 0 fully saturated rings. The van der Waals surface area contributed by atoms with E-state index in [9.17, 15) is 9.59 Å². The third-order valence-electron chi connectivity index (χ3n) is 2.55. The fourth-order valence-corrected chi connectivity index (χ4v) is 1.44. The highest BCUT2D eigenvalue weighted by atomic mass is 16.5. The molecule has 0 saturated heterocycles. The number of ether oxygens (including phenoxy) is 1. The summed E-state index contributed by atoms with van der Waals surface area (Å²) in [5, 5.41) is 2.71. The average Bonchev–Trinajstić information content (AvgIpc) is 2.42. The van der Waals surface area contributed by atoms with Crippen LogP contribution in [0.25, 0.3) is 0 Å². The molecule has 0 radical (unpaired) electrons. The zero-order valence-corrected chi connectivity index (χ0v) is 12.0. The molecule has 0 unspecified atom stereocenters. The molecule has 0 saturated carbocycles. The van der Waals surface area contributed by atoms with Gasteiger partial charge < -0.3 is 10.1 Å². The number of unbranched alkanes of at least 4 members (excludes halogenated alkanes) is 3. The van der Waals surface area contributed by atoms with Crippen LogP contribution in [0.15, 0.2) is 24.3 Å². The highest BCUT2D eigenvalue weighted by Crippen LogP contribution is 1.99. The van der Waals surface area contributed by atoms with Gasteiger partial charge in [0.25, 0.3) is 0 Å². The number of carbonyl (C=O) groups is 2. The third-order valence-corrected chi connectivity index (χ3v) is 2.55. The topological polar surface area (TPSA) is 55.4 Å². The summed E-state index contributed by atoms with van der Waals surface area (Å²) in [5.74, 6) is -0.386. The summed E-state index contributed by atoms with van der Waals surface area (Å²) in [6.45, 7) is 2.66. The number of amides is 1. The van der Waals surface area contributed by atoms with E-state index in [4.69, 9.17) is 0 Å². The normalized spacial score (nSPS) is 11.1. The monoisotopic (exact) mass is 267 g/mol. The molecule has 0 aliphatic carbocycles. The maximum atomic E-state index is 11.3. The minimum Gasteiger partial charge on any atom is -0.469 e. The first-order valence-electron chi connectivity index (χ1n) is 6.88. The molecule has 0 aliphatic heterocycles. The van der Waals surface area contributed by atoms with Crippen LogP contribution in [-0.2, 0) is 14.3 Å². The Morgan fingerprint density at radius 1 is 1.16 bits per heavy atom. The Morgan fingerprint density at radius 2 is 1.95 bits per heavy atom. The first-order chi connectivity index (χ1) is 9.20. The predicted molar refractivity (Wildman–Crippen MR) is 76.7 cm³/mol. The van der Waals surface area contributed by atoms with Gasteiger partial charge in [-0.1, -0.05) is 38.0 Å². The van der Waals surface area contributed by atoms with Crippen molar-refractivity contribution in [2.45, 2.75) is 45.4 Å². The van der Waals surface area contributed by atoms with Crippen LogP contribution in [0.2, 0.25) is 0 Å². The second-order valence-electron chi connectivity index (χ2n) is 4.25. The lowest BCUT2D eigenvalue weighted by molar-refractivity contribution is -0.140. The lowest BCUT2D eigenvalue weighted by Gasteiger charge is -2.00. The highest BCUT2D eigenvalue weighted by molar-refractivity contribution is 5.87. The van der Waals surface area contributed by atoms with Gasteiger partial charge in [0, 0.05) is 19.0 Å². The molecule has 1 amide bonds. The van der Waals surface area contributed by atoms with Crippen LogP contribution in [0.1, 0.15) is 45.4 Å². The van der Waals surface area contributed by atoms with E-state index in [0.717, 1.165) is 6.42 Å². The van der Waals surface area contributed by atoms with Gasteiger partial charge in [0.2, 0.25) is 5.91 Å². The second-order valence-corrected chi connectivity index (χ2v) is 4.25. The summed E-state index contributed by atoms with van der Waals surface area (Å²) in [5.41, 5.74) is 0. The van der Waals surface area contributed by atoms with Gasteiger partial charge in [-0.25, -0.2) is 0 Å². The molecular weight excluding hydrogens is 242 g/mol. The molecule has 0 aromatic rings. The van der Waals surface area contributed by atoms with E-state index in [2.05, 4.69) is 23.1 Å². The molecule has 0 atom stereocenters. The van der Waals surface area contributed by atoms with Gasteiger partial charge in [0.15, 0.2) is 0 Å². The molecule has 4 nitrogen and oxygen atoms in total. The predicted octanol–water partition coefficient (Wildman–Crippen LogP) is 2.75. The Labute approximate surface area is 115 Å². The van der Waals surface area contributed by atoms with Crippen LogP contribution in [0, 0.1) is 0 Å². The summed E-state index contributed by atoms with van der Waals surface area (Å²) in [4.78, 5) is 22.2. The largest absolute Gasteiger partial charge is 0.469 e. The molecule has 0 bridgehead atoms. The van der Waals surface area contributed by atoms with E-state index in [1.54, 1.807) is 6.08 Å². The molecule has 0 spiro atoms. The molecule has 0 aliphatic rings. The molecule has 1 N–H and O–H groups in total. The number of esters is 1. The van der Waals surface area contributed by atoms with Crippen molar-refractivity contribution >= 4 is 11.9 Å². The van der Waals surface area contributed by atoms with Gasteiger partial charge in [-0.15, -0.1) is 0 Å². The summed E-state index contributed by atoms with van der Waals surface area (Å²) < 4.78 is 4.50. The minimum absolute atomic E-state index is 0.136. The zero-order valence-electron chi connectivity index (χ0n) is 12.0. The average molecular weight is 267 g/mol. The summed E-state index contributed by atoms with van der Waals surface area (Å²) >= 11 is 0. The molecular formula is C15H25NO3. The number of hydrogen-bond donors (Lipinski definition) is 1. The fourth-order valence-electron chi connectivity index (χ4n) is 1.44. The maximum Gasteiger partial charge on any atom is 0.305 e. The first-order valence-corrected chi connectivity index (χ1v) is 6.88. The molecule has 4 heteroatoms. The molecule has 0 aromatic heterocycles. The van der Waals surface area contributed by atoms with Crippen LogP contribution in [0.3, 0.4) is 0 Å². The van der Waals surface area contributed by atoms with Crippen molar-refractivity contribution in [1.29, 1.82) is 0 Å². The van der Waals surface area contributed by atoms with Gasteiger partial charge in [-0.2, -0.15) is 0 Å². The van der Waals surface area contributed by atoms with Crippen molar-refractivity contribution in [3.63, 3.8) is 0 Å². The Kier molecular flexibility index (Phi) is 11.8. The van der Waals surface area contributed by atoms with Crippen molar-refractivity contribution in [2.75, 3.05) is 13.7 Å². The smallest absolute Gasteiger partial charge is 0.305 e. The molecule has 0 heterocycles. The lowest BCUT2D eigenvalue weighted by atomic mass is 10.2. The summed E-state index contributed by atoms with van der Waals surface area (Å²) in [6.07, 6.45) is 12.8. The standard InChI is InChI=1S/C15H25NO3/c1-3-4-5-6-7-8-9-11-14(17)16-13-10-12-15(18)19-2/h7-9,11H,3-6,10,12-13H2,1-2H3,(H,16,17)/b8-7+,11-9+. The van der Waals surface area contributed by atoms with Crippen LogP contribution in [0.4, 0.5) is 0 Å². The Balaban J connectivity index is 3.54. The number of carbonyl (C=O) groups excluding carboxylic acids is 2. The highest BCUT2D eigenvalue weighted by Gasteiger charge is 1.99. The first kappa shape index (κ1) is 17.4. The second kappa shape index (κ2) is 12.9. The van der Waals surface area contributed by atoms with E-state index in [0.29, 0.717) is 19.4 Å². The number of allylic oxidation sites excluding steroid dienone is 3. The fraction of sp³-hybridized carbons (Fsp3) is 0.600. The zero-order chi connectivity index (χ0) is 14.3. The van der Waals surface area contributed by atoms with Crippen LogP contribution in [-0.4, -0.2) is 25.5 Å². The van der Waals surface area contributed by atoms with E-state index in [1.807, 2.05) is 6.08 Å². The van der Waals surface area contributed by atoms with E-state index < -0.39 is 0 Å². The van der Waals surface area contributed by atoms with Gasteiger partial charge >= 0.3 is 5.97 Å². The number of nitrogens with one attached hydrogen (secondary N) is 1. The van der Waals surface area contributed by atoms with E-state index >= 15 is 0 Å². The van der Waals surface area contributed by atoms with Crippen LogP contribution >= 0.6 is 0 Å². The number of methoxy groups -OCH3 is 1. The van der Waals surface area contributed by atoms with Crippen LogP contribution in [0.5, 0.6) is 0 Å². The molecule has 19 heavy (non-hydrogen) atoms. The maximum absolute atomic E-state index is 11.3. The van der Waals surface area contributed by atoms with Crippen molar-refractivity contribution in [2.24, 2.45) is 0 Å². The third kappa shape index (κ3) is 12.7. The summed E-state index contributed by atoms with van der Waals surface area (Å²) in [7, 11) is 1.36. The SMILES string of the molecule is CCCCC/C=C/C=C/C(=O)NCCCC(=O)OC. The Bertz CT molecular complexity index is 309. The van der Waals surface area contributed by atoms with Gasteiger partial charge in [0.05, 0.1) is 7.11 Å². The van der Waals surface area contributed by atoms with E-state index in [1.165, 1.54) is 32.4 Å². The lowest BCUT2D eigenvalue weighted by Crippen LogP contribution is -2.22. The van der Waals surface area contributed by atoms with Crippen molar-refractivity contribution in [3.05, 3.63) is 24.3 Å². The van der Waals surface area contributed by atoms with Crippen molar-refractivity contribution < 1.29 is 14.3 Å². The molecule has 108 valence electrons. The Morgan fingerprint density at radius 3 is 2.63 bits per heavy atom. The van der Waals surface area contributed by atoms with Gasteiger partial charge in [-0.05, 0) is 19.3 Å². The minimum atomic E-state index is -0.250. The van der Waals surface area contributed by atoms with Crippen LogP contribution < -0.4 is 5.32 Å². The van der Waals surface area contributed by atoms with Crippen molar-refractivity contribution in [3.8, 4) is 0 Å².